The summed E-state index contributed by atoms with van der Waals surface area (Å²) < 4.78 is 27.1. The predicted molar refractivity (Wildman–Crippen MR) is 133 cm³/mol. The third kappa shape index (κ3) is 6.26. The fourth-order valence-electron chi connectivity index (χ4n) is 3.72. The van der Waals surface area contributed by atoms with Crippen molar-refractivity contribution < 1.29 is 13.2 Å². The molecule has 1 saturated heterocycles. The highest BCUT2D eigenvalue weighted by Gasteiger charge is 2.30. The Labute approximate surface area is 208 Å². The molecule has 2 aliphatic rings. The first-order valence-corrected chi connectivity index (χ1v) is 13.6. The predicted octanol–water partition coefficient (Wildman–Crippen LogP) is 3.93. The van der Waals surface area contributed by atoms with E-state index in [2.05, 4.69) is 22.3 Å². The molecular formula is C23H25Cl2N3O3S2. The van der Waals surface area contributed by atoms with E-state index < -0.39 is 14.4 Å². The lowest BCUT2D eigenvalue weighted by Crippen LogP contribution is -2.48. The summed E-state index contributed by atoms with van der Waals surface area (Å²) >= 11 is 13.2. The van der Waals surface area contributed by atoms with Gasteiger partial charge < -0.3 is 5.32 Å². The van der Waals surface area contributed by atoms with E-state index in [9.17, 15) is 13.2 Å². The van der Waals surface area contributed by atoms with Gasteiger partial charge in [-0.25, -0.2) is 8.42 Å². The van der Waals surface area contributed by atoms with Crippen molar-refractivity contribution in [3.63, 3.8) is 0 Å². The Bertz CT molecular complexity index is 1150. The molecule has 0 radical (unpaired) electrons. The van der Waals surface area contributed by atoms with E-state index in [0.29, 0.717) is 42.4 Å². The Balaban J connectivity index is 1.30. The molecule has 10 heteroatoms. The van der Waals surface area contributed by atoms with Gasteiger partial charge in [0.05, 0.1) is 6.54 Å². The Morgan fingerprint density at radius 3 is 2.45 bits per heavy atom. The topological polar surface area (TPSA) is 69.7 Å². The van der Waals surface area contributed by atoms with Crippen molar-refractivity contribution in [3.8, 4) is 0 Å². The Hall–Kier alpha value is -1.68. The van der Waals surface area contributed by atoms with Crippen molar-refractivity contribution in [1.29, 1.82) is 0 Å². The van der Waals surface area contributed by atoms with Crippen molar-refractivity contribution >= 4 is 50.5 Å². The van der Waals surface area contributed by atoms with Crippen LogP contribution in [0.15, 0.2) is 70.5 Å². The number of carbonyl (C=O) groups excluding carboxylic acids is 1. The van der Waals surface area contributed by atoms with Crippen molar-refractivity contribution in [2.75, 3.05) is 26.2 Å². The maximum atomic E-state index is 13.1. The van der Waals surface area contributed by atoms with Gasteiger partial charge in [-0.2, -0.15) is 4.31 Å². The number of halogens is 2. The standard InChI is InChI=1S/C23H25Cl2N3O3S2/c24-23(25)10-8-19(9-11-23)22(29)26-16-20-6-7-21(32-20)33(30,31)28-14-12-27(13-15-28)17-18-4-2-1-3-5-18/h1-10H,11-17H2,(H,26,29). The molecule has 1 N–H and O–H groups in total. The summed E-state index contributed by atoms with van der Waals surface area (Å²) in [7, 11) is -3.55. The number of allylic oxidation sites excluding steroid dienone is 2. The van der Waals surface area contributed by atoms with E-state index in [1.807, 2.05) is 18.2 Å². The summed E-state index contributed by atoms with van der Waals surface area (Å²) in [5.41, 5.74) is 1.72. The fourth-order valence-corrected chi connectivity index (χ4v) is 6.87. The van der Waals surface area contributed by atoms with E-state index in [0.717, 1.165) is 11.4 Å². The minimum atomic E-state index is -3.55. The lowest BCUT2D eigenvalue weighted by molar-refractivity contribution is -0.117. The number of hydrogen-bond donors (Lipinski definition) is 1. The number of nitrogens with zero attached hydrogens (tertiary/aromatic N) is 2. The first kappa shape index (κ1) is 24.4. The monoisotopic (exact) mass is 525 g/mol. The van der Waals surface area contributed by atoms with Crippen molar-refractivity contribution in [2.45, 2.75) is 28.1 Å². The summed E-state index contributed by atoms with van der Waals surface area (Å²) in [4.78, 5) is 15.4. The van der Waals surface area contributed by atoms with Crippen LogP contribution in [0.2, 0.25) is 0 Å². The molecular weight excluding hydrogens is 501 g/mol. The zero-order valence-electron chi connectivity index (χ0n) is 17.9. The second kappa shape index (κ2) is 10.3. The van der Waals surface area contributed by atoms with Crippen molar-refractivity contribution in [2.24, 2.45) is 0 Å². The molecule has 1 aliphatic heterocycles. The van der Waals surface area contributed by atoms with Crippen molar-refractivity contribution in [3.05, 3.63) is 76.7 Å². The highest BCUT2D eigenvalue weighted by atomic mass is 35.5. The smallest absolute Gasteiger partial charge is 0.252 e. The van der Waals surface area contributed by atoms with Crippen LogP contribution >= 0.6 is 34.5 Å². The minimum Gasteiger partial charge on any atom is -0.347 e. The van der Waals surface area contributed by atoms with Gasteiger partial charge in [-0.1, -0.05) is 65.7 Å². The molecule has 1 aliphatic carbocycles. The SMILES string of the molecule is O=C(NCc1ccc(S(=O)(=O)N2CCN(Cc3ccccc3)CC2)s1)C1=CCC(Cl)(Cl)C=C1. The van der Waals surface area contributed by atoms with E-state index in [1.165, 1.54) is 16.9 Å². The number of nitrogens with one attached hydrogen (secondary N) is 1. The molecule has 0 unspecified atom stereocenters. The Morgan fingerprint density at radius 2 is 1.79 bits per heavy atom. The molecule has 2 heterocycles. The van der Waals surface area contributed by atoms with Crippen LogP contribution in [-0.2, 0) is 27.9 Å². The molecule has 1 aromatic heterocycles. The van der Waals surface area contributed by atoms with E-state index in [1.54, 1.807) is 34.7 Å². The number of thiophene rings is 1. The number of carbonyl (C=O) groups is 1. The Kier molecular flexibility index (Phi) is 7.63. The molecule has 1 aromatic carbocycles. The molecule has 33 heavy (non-hydrogen) atoms. The quantitative estimate of drug-likeness (QED) is 0.556. The molecule has 1 amide bonds. The summed E-state index contributed by atoms with van der Waals surface area (Å²) in [6, 6.07) is 13.5. The number of rotatable bonds is 7. The maximum absolute atomic E-state index is 13.1. The second-order valence-corrected chi connectivity index (χ2v) is 12.9. The summed E-state index contributed by atoms with van der Waals surface area (Å²) in [6.07, 6.45) is 5.23. The van der Waals surface area contributed by atoms with Crippen LogP contribution in [0.5, 0.6) is 0 Å². The van der Waals surface area contributed by atoms with Crippen LogP contribution in [0.3, 0.4) is 0 Å². The molecule has 0 spiro atoms. The number of hydrogen-bond acceptors (Lipinski definition) is 5. The molecule has 2 aromatic rings. The summed E-state index contributed by atoms with van der Waals surface area (Å²) in [5, 5.41) is 2.82. The van der Waals surface area contributed by atoms with Gasteiger partial charge in [0, 0.05) is 49.6 Å². The normalized spacial score (nSPS) is 19.3. The molecule has 6 nitrogen and oxygen atoms in total. The molecule has 0 saturated carbocycles. The van der Waals surface area contributed by atoms with Crippen LogP contribution in [0, 0.1) is 0 Å². The highest BCUT2D eigenvalue weighted by Crippen LogP contribution is 2.32. The van der Waals surface area contributed by atoms with Crippen LogP contribution < -0.4 is 5.32 Å². The van der Waals surface area contributed by atoms with Crippen LogP contribution in [0.1, 0.15) is 16.9 Å². The summed E-state index contributed by atoms with van der Waals surface area (Å²) in [5.74, 6) is -0.248. The van der Waals surface area contributed by atoms with Crippen LogP contribution in [-0.4, -0.2) is 54.0 Å². The lowest BCUT2D eigenvalue weighted by Gasteiger charge is -2.33. The van der Waals surface area contributed by atoms with Gasteiger partial charge in [-0.15, -0.1) is 11.3 Å². The van der Waals surface area contributed by atoms with E-state index >= 15 is 0 Å². The van der Waals surface area contributed by atoms with Gasteiger partial charge in [0.2, 0.25) is 0 Å². The highest BCUT2D eigenvalue weighted by molar-refractivity contribution is 7.91. The van der Waals surface area contributed by atoms with Crippen molar-refractivity contribution in [1.82, 2.24) is 14.5 Å². The van der Waals surface area contributed by atoms with Gasteiger partial charge in [-0.05, 0) is 23.8 Å². The zero-order chi connectivity index (χ0) is 23.5. The first-order valence-electron chi connectivity index (χ1n) is 10.6. The fraction of sp³-hybridized carbons (Fsp3) is 0.348. The lowest BCUT2D eigenvalue weighted by atomic mass is 10.1. The van der Waals surface area contributed by atoms with Crippen LogP contribution in [0.4, 0.5) is 0 Å². The average Bonchev–Trinajstić information content (AvgIpc) is 3.29. The number of piperazine rings is 1. The van der Waals surface area contributed by atoms with Gasteiger partial charge in [0.15, 0.2) is 0 Å². The molecule has 4 rings (SSSR count). The number of alkyl halides is 2. The molecule has 0 atom stereocenters. The first-order chi connectivity index (χ1) is 15.7. The maximum Gasteiger partial charge on any atom is 0.252 e. The van der Waals surface area contributed by atoms with Gasteiger partial charge >= 0.3 is 0 Å². The minimum absolute atomic E-state index is 0.248. The van der Waals surface area contributed by atoms with E-state index in [-0.39, 0.29) is 12.5 Å². The number of sulfonamides is 1. The van der Waals surface area contributed by atoms with Gasteiger partial charge in [0.25, 0.3) is 15.9 Å². The summed E-state index contributed by atoms with van der Waals surface area (Å²) in [6.45, 7) is 3.38. The molecule has 0 bridgehead atoms. The van der Waals surface area contributed by atoms with Gasteiger partial charge in [0.1, 0.15) is 8.54 Å². The molecule has 176 valence electrons. The third-order valence-electron chi connectivity index (χ3n) is 5.60. The van der Waals surface area contributed by atoms with Gasteiger partial charge in [-0.3, -0.25) is 9.69 Å². The number of amides is 1. The second-order valence-electron chi connectivity index (χ2n) is 8.03. The average molecular weight is 527 g/mol. The third-order valence-corrected chi connectivity index (χ3v) is 9.61. The Morgan fingerprint density at radius 1 is 1.06 bits per heavy atom. The number of benzene rings is 1. The van der Waals surface area contributed by atoms with E-state index in [4.69, 9.17) is 23.2 Å². The zero-order valence-corrected chi connectivity index (χ0v) is 21.1. The largest absolute Gasteiger partial charge is 0.347 e. The molecule has 1 fully saturated rings. The van der Waals surface area contributed by atoms with Crippen LogP contribution in [0.25, 0.3) is 0 Å².